The van der Waals surface area contributed by atoms with Crippen LogP contribution in [0.25, 0.3) is 0 Å². The highest BCUT2D eigenvalue weighted by molar-refractivity contribution is 7.91. The van der Waals surface area contributed by atoms with Gasteiger partial charge in [0.25, 0.3) is 0 Å². The van der Waals surface area contributed by atoms with Crippen LogP contribution in [0.15, 0.2) is 29.2 Å². The lowest BCUT2D eigenvalue weighted by Crippen LogP contribution is -2.22. The second kappa shape index (κ2) is 6.31. The molecule has 0 aliphatic heterocycles. The van der Waals surface area contributed by atoms with E-state index in [1.807, 2.05) is 26.2 Å². The van der Waals surface area contributed by atoms with Gasteiger partial charge in [-0.2, -0.15) is 0 Å². The number of hydrogen-bond donors (Lipinski definition) is 1. The van der Waals surface area contributed by atoms with E-state index in [1.165, 1.54) is 0 Å². The van der Waals surface area contributed by atoms with Crippen LogP contribution in [0.4, 0.5) is 0 Å². The molecule has 2 N–H and O–H groups in total. The topological polar surface area (TPSA) is 63.4 Å². The van der Waals surface area contributed by atoms with Gasteiger partial charge in [-0.1, -0.05) is 19.1 Å². The van der Waals surface area contributed by atoms with Gasteiger partial charge in [0.2, 0.25) is 0 Å². The van der Waals surface area contributed by atoms with Crippen molar-refractivity contribution >= 4 is 9.84 Å². The van der Waals surface area contributed by atoms with Gasteiger partial charge in [-0.05, 0) is 44.8 Å². The molecular formula is C13H22N2O2S. The minimum atomic E-state index is -3.11. The molecule has 1 aromatic rings. The van der Waals surface area contributed by atoms with E-state index in [9.17, 15) is 8.42 Å². The van der Waals surface area contributed by atoms with Crippen LogP contribution in [-0.4, -0.2) is 39.7 Å². The summed E-state index contributed by atoms with van der Waals surface area (Å²) in [6, 6.07) is 7.35. The van der Waals surface area contributed by atoms with Gasteiger partial charge in [0, 0.05) is 6.04 Å². The van der Waals surface area contributed by atoms with Crippen LogP contribution in [0, 0.1) is 0 Å². The van der Waals surface area contributed by atoms with Gasteiger partial charge in [0.1, 0.15) is 0 Å². The number of benzene rings is 1. The summed E-state index contributed by atoms with van der Waals surface area (Å²) in [5.74, 6) is 0.131. The molecule has 0 radical (unpaired) electrons. The number of hydrogen-bond acceptors (Lipinski definition) is 4. The lowest BCUT2D eigenvalue weighted by atomic mass is 10.0. The number of rotatable bonds is 6. The Morgan fingerprint density at radius 2 is 1.78 bits per heavy atom. The molecule has 5 heteroatoms. The van der Waals surface area contributed by atoms with Crippen LogP contribution >= 0.6 is 0 Å². The molecule has 1 atom stereocenters. The molecule has 102 valence electrons. The number of nitrogens with two attached hydrogens (primary N) is 1. The van der Waals surface area contributed by atoms with Crippen LogP contribution in [0.2, 0.25) is 0 Å². The van der Waals surface area contributed by atoms with Crippen molar-refractivity contribution in [3.8, 4) is 0 Å². The Balaban J connectivity index is 3.01. The predicted octanol–water partition coefficient (Wildman–Crippen LogP) is 1.43. The zero-order chi connectivity index (χ0) is 13.8. The first-order chi connectivity index (χ1) is 8.42. The third-order valence-electron chi connectivity index (χ3n) is 3.07. The molecular weight excluding hydrogens is 248 g/mol. The first-order valence-corrected chi connectivity index (χ1v) is 7.76. The molecule has 0 bridgehead atoms. The minimum Gasteiger partial charge on any atom is -0.330 e. The van der Waals surface area contributed by atoms with Crippen LogP contribution in [-0.2, 0) is 9.84 Å². The van der Waals surface area contributed by atoms with Crippen molar-refractivity contribution in [2.24, 2.45) is 5.73 Å². The highest BCUT2D eigenvalue weighted by atomic mass is 32.2. The van der Waals surface area contributed by atoms with E-state index in [1.54, 1.807) is 19.1 Å². The maximum Gasteiger partial charge on any atom is 0.178 e. The van der Waals surface area contributed by atoms with Crippen molar-refractivity contribution in [1.82, 2.24) is 4.90 Å². The van der Waals surface area contributed by atoms with E-state index in [2.05, 4.69) is 4.90 Å². The summed E-state index contributed by atoms with van der Waals surface area (Å²) >= 11 is 0. The third-order valence-corrected chi connectivity index (χ3v) is 4.82. The zero-order valence-corrected chi connectivity index (χ0v) is 12.1. The molecule has 0 spiro atoms. The Kier molecular flexibility index (Phi) is 5.31. The van der Waals surface area contributed by atoms with Crippen molar-refractivity contribution in [3.05, 3.63) is 29.8 Å². The van der Waals surface area contributed by atoms with Crippen molar-refractivity contribution in [2.45, 2.75) is 24.3 Å². The summed E-state index contributed by atoms with van der Waals surface area (Å²) in [4.78, 5) is 2.48. The Bertz CT molecular complexity index is 466. The molecule has 1 rings (SSSR count). The monoisotopic (exact) mass is 270 g/mol. The summed E-state index contributed by atoms with van der Waals surface area (Å²) in [5, 5.41) is 0. The van der Waals surface area contributed by atoms with Crippen LogP contribution in [0.3, 0.4) is 0 Å². The third kappa shape index (κ3) is 3.54. The molecule has 0 saturated heterocycles. The van der Waals surface area contributed by atoms with Crippen LogP contribution < -0.4 is 5.73 Å². The first-order valence-electron chi connectivity index (χ1n) is 6.11. The van der Waals surface area contributed by atoms with Crippen molar-refractivity contribution in [1.29, 1.82) is 0 Å². The van der Waals surface area contributed by atoms with Crippen LogP contribution in [0.1, 0.15) is 24.9 Å². The standard InChI is InChI=1S/C13H22N2O2S/c1-4-18(16,17)12-7-5-11(6-8-12)13(9-10-14)15(2)3/h5-8,13H,4,9-10,14H2,1-3H3. The molecule has 1 unspecified atom stereocenters. The quantitative estimate of drug-likeness (QED) is 0.849. The van der Waals surface area contributed by atoms with Gasteiger partial charge in [-0.3, -0.25) is 0 Å². The van der Waals surface area contributed by atoms with Crippen molar-refractivity contribution < 1.29 is 8.42 Å². The lowest BCUT2D eigenvalue weighted by molar-refractivity contribution is 0.287. The Hall–Kier alpha value is -0.910. The normalized spacial score (nSPS) is 13.8. The second-order valence-electron chi connectivity index (χ2n) is 4.53. The van der Waals surface area contributed by atoms with E-state index in [0.717, 1.165) is 12.0 Å². The van der Waals surface area contributed by atoms with Crippen LogP contribution in [0.5, 0.6) is 0 Å². The van der Waals surface area contributed by atoms with Crippen molar-refractivity contribution in [3.63, 3.8) is 0 Å². The fraction of sp³-hybridized carbons (Fsp3) is 0.538. The maximum absolute atomic E-state index is 11.7. The van der Waals surface area contributed by atoms with Gasteiger partial charge in [0.15, 0.2) is 9.84 Å². The SMILES string of the molecule is CCS(=O)(=O)c1ccc(C(CCN)N(C)C)cc1. The minimum absolute atomic E-state index is 0.131. The molecule has 0 aliphatic carbocycles. The maximum atomic E-state index is 11.7. The highest BCUT2D eigenvalue weighted by Gasteiger charge is 2.15. The summed E-state index contributed by atoms with van der Waals surface area (Å²) in [6.45, 7) is 2.26. The van der Waals surface area contributed by atoms with Gasteiger partial charge >= 0.3 is 0 Å². The molecule has 1 aromatic carbocycles. The summed E-state index contributed by atoms with van der Waals surface area (Å²) in [6.07, 6.45) is 0.854. The molecule has 18 heavy (non-hydrogen) atoms. The van der Waals surface area contributed by atoms with E-state index in [4.69, 9.17) is 5.73 Å². The van der Waals surface area contributed by atoms with E-state index < -0.39 is 9.84 Å². The van der Waals surface area contributed by atoms with E-state index in [0.29, 0.717) is 11.4 Å². The first kappa shape index (κ1) is 15.1. The summed E-state index contributed by atoms with van der Waals surface area (Å²) < 4.78 is 23.4. The Morgan fingerprint density at radius 3 is 2.17 bits per heavy atom. The van der Waals surface area contributed by atoms with E-state index >= 15 is 0 Å². The molecule has 0 saturated carbocycles. The number of nitrogens with zero attached hydrogens (tertiary/aromatic N) is 1. The molecule has 4 nitrogen and oxygen atoms in total. The molecule has 0 heterocycles. The van der Waals surface area contributed by atoms with Gasteiger partial charge in [0.05, 0.1) is 10.6 Å². The predicted molar refractivity (Wildman–Crippen MR) is 74.3 cm³/mol. The summed E-state index contributed by atoms with van der Waals surface area (Å²) in [7, 11) is 0.883. The molecule has 0 amide bonds. The largest absolute Gasteiger partial charge is 0.330 e. The van der Waals surface area contributed by atoms with E-state index in [-0.39, 0.29) is 11.8 Å². The number of sulfone groups is 1. The molecule has 0 aromatic heterocycles. The van der Waals surface area contributed by atoms with Gasteiger partial charge < -0.3 is 10.6 Å². The summed E-state index contributed by atoms with van der Waals surface area (Å²) in [5.41, 5.74) is 6.70. The Labute approximate surface area is 110 Å². The molecule has 0 aliphatic rings. The fourth-order valence-electron chi connectivity index (χ4n) is 1.94. The molecule has 0 fully saturated rings. The fourth-order valence-corrected chi connectivity index (χ4v) is 2.83. The average molecular weight is 270 g/mol. The Morgan fingerprint density at radius 1 is 1.22 bits per heavy atom. The lowest BCUT2D eigenvalue weighted by Gasteiger charge is -2.24. The zero-order valence-electron chi connectivity index (χ0n) is 11.3. The van der Waals surface area contributed by atoms with Crippen molar-refractivity contribution in [2.75, 3.05) is 26.4 Å². The van der Waals surface area contributed by atoms with Gasteiger partial charge in [-0.15, -0.1) is 0 Å². The van der Waals surface area contributed by atoms with Gasteiger partial charge in [-0.25, -0.2) is 8.42 Å². The average Bonchev–Trinajstić information content (AvgIpc) is 2.36. The highest BCUT2D eigenvalue weighted by Crippen LogP contribution is 2.23. The second-order valence-corrected chi connectivity index (χ2v) is 6.81. The smallest absolute Gasteiger partial charge is 0.178 e.